The van der Waals surface area contributed by atoms with Gasteiger partial charge in [-0.3, -0.25) is 4.79 Å². The number of anilines is 1. The first-order valence-electron chi connectivity index (χ1n) is 8.18. The van der Waals surface area contributed by atoms with Gasteiger partial charge in [-0.25, -0.2) is 9.37 Å². The molecule has 0 fully saturated rings. The third-order valence-corrected chi connectivity index (χ3v) is 4.01. The van der Waals surface area contributed by atoms with E-state index in [4.69, 9.17) is 4.42 Å². The van der Waals surface area contributed by atoms with Crippen molar-refractivity contribution in [3.8, 4) is 0 Å². The molecular weight excluding hydrogens is 331 g/mol. The van der Waals surface area contributed by atoms with Gasteiger partial charge in [-0.15, -0.1) is 0 Å². The molecule has 0 saturated heterocycles. The highest BCUT2D eigenvalue weighted by atomic mass is 19.1. The lowest BCUT2D eigenvalue weighted by molar-refractivity contribution is 0.102. The highest BCUT2D eigenvalue weighted by Gasteiger charge is 2.12. The Morgan fingerprint density at radius 2 is 1.77 bits per heavy atom. The number of aromatic nitrogens is 1. The zero-order valence-electron chi connectivity index (χ0n) is 13.8. The van der Waals surface area contributed by atoms with Gasteiger partial charge in [0.1, 0.15) is 11.3 Å². The van der Waals surface area contributed by atoms with E-state index in [9.17, 15) is 9.18 Å². The molecule has 4 aromatic rings. The fraction of sp³-hybridized carbons (Fsp3) is 0.0476. The van der Waals surface area contributed by atoms with E-state index in [1.54, 1.807) is 30.3 Å². The highest BCUT2D eigenvalue weighted by Crippen LogP contribution is 2.22. The van der Waals surface area contributed by atoms with E-state index in [2.05, 4.69) is 10.3 Å². The summed E-state index contributed by atoms with van der Waals surface area (Å²) in [5, 5.41) is 2.69. The first kappa shape index (κ1) is 16.0. The smallest absolute Gasteiger partial charge is 0.258 e. The molecule has 0 aliphatic rings. The number of hydrogen-bond acceptors (Lipinski definition) is 3. The number of benzene rings is 3. The Hall–Kier alpha value is -3.47. The Morgan fingerprint density at radius 3 is 2.58 bits per heavy atom. The average molecular weight is 346 g/mol. The van der Waals surface area contributed by atoms with Crippen LogP contribution in [0.5, 0.6) is 0 Å². The number of hydrogen-bond donors (Lipinski definition) is 1. The van der Waals surface area contributed by atoms with Gasteiger partial charge in [0.25, 0.3) is 5.91 Å². The van der Waals surface area contributed by atoms with E-state index in [1.807, 2.05) is 30.3 Å². The van der Waals surface area contributed by atoms with Crippen molar-refractivity contribution in [2.24, 2.45) is 0 Å². The Balaban J connectivity index is 1.56. The molecule has 1 aromatic heterocycles. The molecular formula is C21H15FN2O2. The number of nitrogens with one attached hydrogen (secondary N) is 1. The number of amides is 1. The lowest BCUT2D eigenvalue weighted by Crippen LogP contribution is -2.13. The van der Waals surface area contributed by atoms with Crippen LogP contribution >= 0.6 is 0 Å². The predicted molar refractivity (Wildman–Crippen MR) is 97.6 cm³/mol. The van der Waals surface area contributed by atoms with Crippen molar-refractivity contribution >= 4 is 22.7 Å². The second-order valence-electron chi connectivity index (χ2n) is 5.89. The summed E-state index contributed by atoms with van der Waals surface area (Å²) in [5.41, 5.74) is 2.91. The van der Waals surface area contributed by atoms with Gasteiger partial charge in [-0.2, -0.15) is 0 Å². The van der Waals surface area contributed by atoms with Gasteiger partial charge in [0.2, 0.25) is 0 Å². The Kier molecular flexibility index (Phi) is 4.19. The number of nitrogens with zero attached hydrogens (tertiary/aromatic N) is 1. The van der Waals surface area contributed by atoms with Gasteiger partial charge in [0.15, 0.2) is 11.5 Å². The van der Waals surface area contributed by atoms with Crippen LogP contribution in [0, 0.1) is 5.82 Å². The van der Waals surface area contributed by atoms with Gasteiger partial charge in [-0.05, 0) is 35.9 Å². The molecule has 4 rings (SSSR count). The molecule has 0 unspecified atom stereocenters. The second kappa shape index (κ2) is 6.80. The molecule has 3 aromatic carbocycles. The third kappa shape index (κ3) is 3.32. The van der Waals surface area contributed by atoms with E-state index in [0.717, 1.165) is 5.56 Å². The summed E-state index contributed by atoms with van der Waals surface area (Å²) in [6, 6.07) is 20.9. The normalized spacial score (nSPS) is 10.8. The molecule has 26 heavy (non-hydrogen) atoms. The van der Waals surface area contributed by atoms with Crippen molar-refractivity contribution in [1.29, 1.82) is 0 Å². The van der Waals surface area contributed by atoms with Crippen molar-refractivity contribution in [1.82, 2.24) is 4.98 Å². The van der Waals surface area contributed by atoms with Crippen LogP contribution in [0.1, 0.15) is 21.8 Å². The van der Waals surface area contributed by atoms with Crippen LogP contribution in [0.15, 0.2) is 77.2 Å². The Labute approximate surface area is 149 Å². The lowest BCUT2D eigenvalue weighted by atomic mass is 10.1. The molecule has 5 heteroatoms. The van der Waals surface area contributed by atoms with E-state index in [0.29, 0.717) is 29.1 Å². The van der Waals surface area contributed by atoms with E-state index in [-0.39, 0.29) is 5.56 Å². The van der Waals surface area contributed by atoms with Crippen LogP contribution in [0.4, 0.5) is 10.1 Å². The Morgan fingerprint density at radius 1 is 1.00 bits per heavy atom. The monoisotopic (exact) mass is 346 g/mol. The number of halogens is 1. The largest absolute Gasteiger partial charge is 0.440 e. The zero-order chi connectivity index (χ0) is 17.9. The molecule has 0 aliphatic heterocycles. The first-order valence-corrected chi connectivity index (χ1v) is 8.18. The van der Waals surface area contributed by atoms with E-state index >= 15 is 0 Å². The molecule has 0 aliphatic carbocycles. The summed E-state index contributed by atoms with van der Waals surface area (Å²) in [6.45, 7) is 0. The molecule has 4 nitrogen and oxygen atoms in total. The molecule has 1 amide bonds. The van der Waals surface area contributed by atoms with Crippen molar-refractivity contribution in [3.05, 3.63) is 95.6 Å². The number of rotatable bonds is 4. The Bertz CT molecular complexity index is 1070. The number of fused-ring (bicyclic) bond motifs is 1. The minimum Gasteiger partial charge on any atom is -0.440 e. The van der Waals surface area contributed by atoms with Crippen LogP contribution in [-0.2, 0) is 6.42 Å². The summed E-state index contributed by atoms with van der Waals surface area (Å²) in [5.74, 6) is -0.461. The van der Waals surface area contributed by atoms with Crippen LogP contribution in [0.25, 0.3) is 11.1 Å². The molecule has 0 atom stereocenters. The van der Waals surface area contributed by atoms with E-state index < -0.39 is 11.7 Å². The second-order valence-corrected chi connectivity index (χ2v) is 5.89. The van der Waals surface area contributed by atoms with Gasteiger partial charge in [-0.1, -0.05) is 42.5 Å². The lowest BCUT2D eigenvalue weighted by Gasteiger charge is -2.05. The average Bonchev–Trinajstić information content (AvgIpc) is 3.04. The minimum atomic E-state index is -0.558. The molecule has 0 bridgehead atoms. The van der Waals surface area contributed by atoms with Crippen LogP contribution in [-0.4, -0.2) is 10.9 Å². The molecule has 0 spiro atoms. The summed E-state index contributed by atoms with van der Waals surface area (Å²) >= 11 is 0. The van der Waals surface area contributed by atoms with Crippen LogP contribution in [0.3, 0.4) is 0 Å². The van der Waals surface area contributed by atoms with Crippen molar-refractivity contribution in [3.63, 3.8) is 0 Å². The third-order valence-electron chi connectivity index (χ3n) is 4.01. The van der Waals surface area contributed by atoms with Crippen LogP contribution in [0.2, 0.25) is 0 Å². The van der Waals surface area contributed by atoms with Crippen molar-refractivity contribution < 1.29 is 13.6 Å². The van der Waals surface area contributed by atoms with Gasteiger partial charge in [0.05, 0.1) is 5.56 Å². The fourth-order valence-corrected chi connectivity index (χ4v) is 2.74. The molecule has 1 N–H and O–H groups in total. The first-order chi connectivity index (χ1) is 12.7. The SMILES string of the molecule is O=C(Nc1ccc2oc(Cc3ccccc3)nc2c1)c1ccccc1F. The number of carbonyl (C=O) groups is 1. The van der Waals surface area contributed by atoms with Gasteiger partial charge in [0, 0.05) is 12.1 Å². The number of oxazole rings is 1. The highest BCUT2D eigenvalue weighted by molar-refractivity contribution is 6.05. The summed E-state index contributed by atoms with van der Waals surface area (Å²) in [6.07, 6.45) is 0.590. The van der Waals surface area contributed by atoms with Crippen molar-refractivity contribution in [2.75, 3.05) is 5.32 Å². The standard InChI is InChI=1S/C21H15FN2O2/c22-17-9-5-4-8-16(17)21(25)23-15-10-11-19-18(13-15)24-20(26-19)12-14-6-2-1-3-7-14/h1-11,13H,12H2,(H,23,25). The predicted octanol–water partition coefficient (Wildman–Crippen LogP) is 4.81. The quantitative estimate of drug-likeness (QED) is 0.577. The molecule has 0 saturated carbocycles. The fourth-order valence-electron chi connectivity index (χ4n) is 2.74. The molecule has 0 radical (unpaired) electrons. The van der Waals surface area contributed by atoms with Crippen LogP contribution < -0.4 is 5.32 Å². The summed E-state index contributed by atoms with van der Waals surface area (Å²) in [7, 11) is 0. The maximum atomic E-state index is 13.7. The van der Waals surface area contributed by atoms with E-state index in [1.165, 1.54) is 12.1 Å². The maximum absolute atomic E-state index is 13.7. The molecule has 1 heterocycles. The van der Waals surface area contributed by atoms with Gasteiger partial charge < -0.3 is 9.73 Å². The zero-order valence-corrected chi connectivity index (χ0v) is 13.8. The minimum absolute atomic E-state index is 0.00230. The van der Waals surface area contributed by atoms with Crippen molar-refractivity contribution in [2.45, 2.75) is 6.42 Å². The summed E-state index contributed by atoms with van der Waals surface area (Å²) < 4.78 is 19.5. The number of carbonyl (C=O) groups excluding carboxylic acids is 1. The van der Waals surface area contributed by atoms with Gasteiger partial charge >= 0.3 is 0 Å². The molecule has 128 valence electrons. The summed E-state index contributed by atoms with van der Waals surface area (Å²) in [4.78, 5) is 16.7. The topological polar surface area (TPSA) is 55.1 Å². The maximum Gasteiger partial charge on any atom is 0.258 e.